The van der Waals surface area contributed by atoms with Gasteiger partial charge in [0.1, 0.15) is 18.5 Å². The van der Waals surface area contributed by atoms with Gasteiger partial charge in [-0.05, 0) is 23.6 Å². The van der Waals surface area contributed by atoms with E-state index >= 15 is 0 Å². The molecule has 4 heteroatoms. The molecule has 0 aliphatic heterocycles. The summed E-state index contributed by atoms with van der Waals surface area (Å²) in [6, 6.07) is 13.7. The van der Waals surface area contributed by atoms with Crippen LogP contribution in [0.1, 0.15) is 4.88 Å². The monoisotopic (exact) mass is 303 g/mol. The number of aliphatic hydroxyl groups excluding tert-OH is 1. The first-order valence-electron chi connectivity index (χ1n) is 6.99. The van der Waals surface area contributed by atoms with Crippen molar-refractivity contribution in [2.75, 3.05) is 19.7 Å². The lowest BCUT2D eigenvalue weighted by Crippen LogP contribution is -2.35. The molecule has 2 rings (SSSR count). The van der Waals surface area contributed by atoms with Gasteiger partial charge in [-0.15, -0.1) is 17.9 Å². The Morgan fingerprint density at radius 3 is 2.71 bits per heavy atom. The Balaban J connectivity index is 1.80. The van der Waals surface area contributed by atoms with Crippen molar-refractivity contribution in [1.82, 2.24) is 4.90 Å². The van der Waals surface area contributed by atoms with E-state index in [9.17, 15) is 5.11 Å². The molecule has 0 saturated heterocycles. The number of para-hydroxylation sites is 1. The molecule has 1 N–H and O–H groups in total. The number of nitrogens with zero attached hydrogens (tertiary/aromatic N) is 1. The maximum atomic E-state index is 10.1. The smallest absolute Gasteiger partial charge is 0.119 e. The molecule has 0 fully saturated rings. The minimum atomic E-state index is -0.523. The standard InChI is InChI=1S/C17H21NO2S/c1-2-10-18(13-17-9-6-11-21-17)12-15(19)14-20-16-7-4-3-5-8-16/h2-9,11,15,19H,1,10,12-14H2. The van der Waals surface area contributed by atoms with E-state index in [2.05, 4.69) is 22.9 Å². The van der Waals surface area contributed by atoms with Crippen LogP contribution in [0.25, 0.3) is 0 Å². The summed E-state index contributed by atoms with van der Waals surface area (Å²) in [6.07, 6.45) is 1.34. The Bertz CT molecular complexity index is 513. The van der Waals surface area contributed by atoms with Crippen LogP contribution in [0.5, 0.6) is 5.75 Å². The lowest BCUT2D eigenvalue weighted by atomic mass is 10.3. The van der Waals surface area contributed by atoms with E-state index in [1.807, 2.05) is 42.5 Å². The van der Waals surface area contributed by atoms with Gasteiger partial charge in [0.2, 0.25) is 0 Å². The highest BCUT2D eigenvalue weighted by Crippen LogP contribution is 2.13. The zero-order valence-corrected chi connectivity index (χ0v) is 12.8. The molecular formula is C17H21NO2S. The lowest BCUT2D eigenvalue weighted by Gasteiger charge is -2.23. The van der Waals surface area contributed by atoms with Gasteiger partial charge in [0.05, 0.1) is 0 Å². The van der Waals surface area contributed by atoms with E-state index in [0.717, 1.165) is 18.8 Å². The summed E-state index contributed by atoms with van der Waals surface area (Å²) in [6.45, 7) is 6.22. The second-order valence-corrected chi connectivity index (χ2v) is 5.87. The van der Waals surface area contributed by atoms with Crippen LogP contribution in [0.3, 0.4) is 0 Å². The Labute approximate surface area is 130 Å². The molecule has 1 aromatic carbocycles. The van der Waals surface area contributed by atoms with E-state index in [1.54, 1.807) is 11.3 Å². The van der Waals surface area contributed by atoms with E-state index in [1.165, 1.54) is 4.88 Å². The zero-order valence-electron chi connectivity index (χ0n) is 12.0. The van der Waals surface area contributed by atoms with Crippen LogP contribution in [0, 0.1) is 0 Å². The third-order valence-electron chi connectivity index (χ3n) is 3.00. The van der Waals surface area contributed by atoms with E-state index in [-0.39, 0.29) is 0 Å². The van der Waals surface area contributed by atoms with Crippen molar-refractivity contribution in [3.8, 4) is 5.75 Å². The first kappa shape index (κ1) is 15.8. The van der Waals surface area contributed by atoms with Gasteiger partial charge in [-0.25, -0.2) is 0 Å². The van der Waals surface area contributed by atoms with Gasteiger partial charge >= 0.3 is 0 Å². The molecule has 0 aliphatic carbocycles. The normalized spacial score (nSPS) is 12.3. The van der Waals surface area contributed by atoms with Gasteiger partial charge in [-0.3, -0.25) is 4.90 Å². The molecule has 0 bridgehead atoms. The van der Waals surface area contributed by atoms with Crippen molar-refractivity contribution in [1.29, 1.82) is 0 Å². The van der Waals surface area contributed by atoms with Gasteiger partial charge in [0, 0.05) is 24.5 Å². The number of thiophene rings is 1. The summed E-state index contributed by atoms with van der Waals surface area (Å²) in [5.41, 5.74) is 0. The number of ether oxygens (including phenoxy) is 1. The molecular weight excluding hydrogens is 282 g/mol. The van der Waals surface area contributed by atoms with Gasteiger partial charge in [0.15, 0.2) is 0 Å². The van der Waals surface area contributed by atoms with Crippen LogP contribution >= 0.6 is 11.3 Å². The van der Waals surface area contributed by atoms with Gasteiger partial charge in [-0.1, -0.05) is 30.3 Å². The molecule has 21 heavy (non-hydrogen) atoms. The van der Waals surface area contributed by atoms with Crippen LogP contribution in [-0.2, 0) is 6.54 Å². The average Bonchev–Trinajstić information content (AvgIpc) is 2.99. The van der Waals surface area contributed by atoms with Gasteiger partial charge < -0.3 is 9.84 Å². The molecule has 0 spiro atoms. The molecule has 0 amide bonds. The van der Waals surface area contributed by atoms with Crippen LogP contribution in [-0.4, -0.2) is 35.8 Å². The predicted octanol–water partition coefficient (Wildman–Crippen LogP) is 3.18. The van der Waals surface area contributed by atoms with Gasteiger partial charge in [-0.2, -0.15) is 0 Å². The van der Waals surface area contributed by atoms with Crippen molar-refractivity contribution in [3.05, 3.63) is 65.4 Å². The fourth-order valence-electron chi connectivity index (χ4n) is 2.07. The minimum Gasteiger partial charge on any atom is -0.491 e. The maximum absolute atomic E-state index is 10.1. The number of hydrogen-bond donors (Lipinski definition) is 1. The first-order chi connectivity index (χ1) is 10.3. The predicted molar refractivity (Wildman–Crippen MR) is 87.7 cm³/mol. The molecule has 0 saturated carbocycles. The van der Waals surface area contributed by atoms with Crippen molar-refractivity contribution in [3.63, 3.8) is 0 Å². The molecule has 112 valence electrons. The molecule has 1 heterocycles. The van der Waals surface area contributed by atoms with Crippen LogP contribution in [0.2, 0.25) is 0 Å². The Morgan fingerprint density at radius 1 is 1.24 bits per heavy atom. The van der Waals surface area contributed by atoms with Crippen LogP contribution in [0.4, 0.5) is 0 Å². The first-order valence-corrected chi connectivity index (χ1v) is 7.87. The van der Waals surface area contributed by atoms with E-state index in [0.29, 0.717) is 13.2 Å². The molecule has 1 atom stereocenters. The van der Waals surface area contributed by atoms with Crippen molar-refractivity contribution >= 4 is 11.3 Å². The Hall–Kier alpha value is -1.62. The molecule has 1 unspecified atom stereocenters. The Morgan fingerprint density at radius 2 is 2.05 bits per heavy atom. The third kappa shape index (κ3) is 5.71. The molecule has 3 nitrogen and oxygen atoms in total. The van der Waals surface area contributed by atoms with Crippen LogP contribution < -0.4 is 4.74 Å². The van der Waals surface area contributed by atoms with E-state index in [4.69, 9.17) is 4.74 Å². The number of hydrogen-bond acceptors (Lipinski definition) is 4. The SMILES string of the molecule is C=CCN(Cc1cccs1)CC(O)COc1ccccc1. The van der Waals surface area contributed by atoms with Crippen molar-refractivity contribution in [2.24, 2.45) is 0 Å². The Kier molecular flexibility index (Phi) is 6.47. The molecule has 1 aromatic heterocycles. The second kappa shape index (κ2) is 8.62. The van der Waals surface area contributed by atoms with E-state index < -0.39 is 6.10 Å². The number of aliphatic hydroxyl groups is 1. The number of rotatable bonds is 9. The number of benzene rings is 1. The molecule has 0 radical (unpaired) electrons. The highest BCUT2D eigenvalue weighted by molar-refractivity contribution is 7.09. The zero-order chi connectivity index (χ0) is 14.9. The average molecular weight is 303 g/mol. The minimum absolute atomic E-state index is 0.294. The second-order valence-electron chi connectivity index (χ2n) is 4.84. The maximum Gasteiger partial charge on any atom is 0.119 e. The van der Waals surface area contributed by atoms with Crippen molar-refractivity contribution in [2.45, 2.75) is 12.6 Å². The summed E-state index contributed by atoms with van der Waals surface area (Å²) in [5.74, 6) is 0.782. The summed E-state index contributed by atoms with van der Waals surface area (Å²) in [4.78, 5) is 3.45. The molecule has 2 aromatic rings. The summed E-state index contributed by atoms with van der Waals surface area (Å²) in [5, 5.41) is 12.2. The topological polar surface area (TPSA) is 32.7 Å². The fourth-order valence-corrected chi connectivity index (χ4v) is 2.82. The summed E-state index contributed by atoms with van der Waals surface area (Å²) < 4.78 is 5.58. The summed E-state index contributed by atoms with van der Waals surface area (Å²) in [7, 11) is 0. The van der Waals surface area contributed by atoms with Crippen LogP contribution in [0.15, 0.2) is 60.5 Å². The lowest BCUT2D eigenvalue weighted by molar-refractivity contribution is 0.0699. The largest absolute Gasteiger partial charge is 0.491 e. The fraction of sp³-hybridized carbons (Fsp3) is 0.294. The summed E-state index contributed by atoms with van der Waals surface area (Å²) >= 11 is 1.73. The highest BCUT2D eigenvalue weighted by Gasteiger charge is 2.12. The van der Waals surface area contributed by atoms with Crippen molar-refractivity contribution < 1.29 is 9.84 Å². The quantitative estimate of drug-likeness (QED) is 0.722. The third-order valence-corrected chi connectivity index (χ3v) is 3.86. The van der Waals surface area contributed by atoms with Gasteiger partial charge in [0.25, 0.3) is 0 Å². The highest BCUT2D eigenvalue weighted by atomic mass is 32.1. The molecule has 0 aliphatic rings.